The predicted molar refractivity (Wildman–Crippen MR) is 125 cm³/mol. The Labute approximate surface area is 195 Å². The van der Waals surface area contributed by atoms with E-state index in [1.807, 2.05) is 12.1 Å². The van der Waals surface area contributed by atoms with Crippen LogP contribution in [0.1, 0.15) is 48.5 Å². The van der Waals surface area contributed by atoms with Gasteiger partial charge in [0.2, 0.25) is 5.91 Å². The fourth-order valence-electron chi connectivity index (χ4n) is 4.05. The van der Waals surface area contributed by atoms with Crippen LogP contribution >= 0.6 is 0 Å². The lowest BCUT2D eigenvalue weighted by Gasteiger charge is -2.38. The van der Waals surface area contributed by atoms with Crippen LogP contribution in [-0.4, -0.2) is 52.3 Å². The van der Waals surface area contributed by atoms with Gasteiger partial charge in [-0.05, 0) is 62.1 Å². The van der Waals surface area contributed by atoms with E-state index in [2.05, 4.69) is 17.4 Å². The first-order valence-corrected chi connectivity index (χ1v) is 11.3. The number of ketones is 1. The Morgan fingerprint density at radius 2 is 1.73 bits per heavy atom. The summed E-state index contributed by atoms with van der Waals surface area (Å²) in [5.74, 6) is 1.85. The van der Waals surface area contributed by atoms with Gasteiger partial charge in [-0.15, -0.1) is 0 Å². The van der Waals surface area contributed by atoms with Gasteiger partial charge in [0.05, 0.1) is 20.8 Å². The summed E-state index contributed by atoms with van der Waals surface area (Å²) in [5, 5.41) is 3.12. The van der Waals surface area contributed by atoms with Gasteiger partial charge in [-0.25, -0.2) is 0 Å². The number of amides is 1. The summed E-state index contributed by atoms with van der Waals surface area (Å²) in [5.41, 5.74) is 1.62. The van der Waals surface area contributed by atoms with Crippen molar-refractivity contribution >= 4 is 11.7 Å². The van der Waals surface area contributed by atoms with E-state index in [9.17, 15) is 9.59 Å². The van der Waals surface area contributed by atoms with Gasteiger partial charge in [0.25, 0.3) is 0 Å². The highest BCUT2D eigenvalue weighted by atomic mass is 16.5. The van der Waals surface area contributed by atoms with Gasteiger partial charge >= 0.3 is 0 Å². The number of methoxy groups -OCH3 is 2. The van der Waals surface area contributed by atoms with E-state index in [0.717, 1.165) is 18.6 Å². The molecule has 1 saturated heterocycles. The van der Waals surface area contributed by atoms with Gasteiger partial charge in [0.1, 0.15) is 5.75 Å². The van der Waals surface area contributed by atoms with Crippen LogP contribution in [0.4, 0.5) is 0 Å². The van der Waals surface area contributed by atoms with Crippen molar-refractivity contribution in [1.82, 2.24) is 5.32 Å². The topological polar surface area (TPSA) is 83.1 Å². The standard InChI is InChI=1S/C26H33NO6/c1-19(28)20-6-11-23(24(17-20)31-3)33-14-4-5-25(29)27-18-26(12-15-32-16-13-26)21-7-9-22(30-2)10-8-21/h6-11,17H,4-5,12-16,18H2,1-3H3,(H,27,29). The van der Waals surface area contributed by atoms with Gasteiger partial charge in [0, 0.05) is 37.2 Å². The minimum atomic E-state index is -0.136. The molecule has 2 aromatic carbocycles. The minimum Gasteiger partial charge on any atom is -0.497 e. The van der Waals surface area contributed by atoms with Crippen LogP contribution in [-0.2, 0) is 14.9 Å². The maximum absolute atomic E-state index is 12.5. The van der Waals surface area contributed by atoms with Gasteiger partial charge in [-0.2, -0.15) is 0 Å². The van der Waals surface area contributed by atoms with E-state index in [0.29, 0.717) is 56.3 Å². The third-order valence-electron chi connectivity index (χ3n) is 6.15. The predicted octanol–water partition coefficient (Wildman–Crippen LogP) is 3.93. The highest BCUT2D eigenvalue weighted by Crippen LogP contribution is 2.35. The Kier molecular flexibility index (Phi) is 8.72. The summed E-state index contributed by atoms with van der Waals surface area (Å²) in [6.07, 6.45) is 2.66. The molecule has 0 atom stereocenters. The Hall–Kier alpha value is -3.06. The summed E-state index contributed by atoms with van der Waals surface area (Å²) in [6, 6.07) is 13.2. The second-order valence-electron chi connectivity index (χ2n) is 8.27. The van der Waals surface area contributed by atoms with E-state index in [-0.39, 0.29) is 17.1 Å². The minimum absolute atomic E-state index is 0.00290. The summed E-state index contributed by atoms with van der Waals surface area (Å²) < 4.78 is 21.9. The molecule has 3 rings (SSSR count). The van der Waals surface area contributed by atoms with Crippen LogP contribution in [0.3, 0.4) is 0 Å². The highest BCUT2D eigenvalue weighted by molar-refractivity contribution is 5.94. The maximum atomic E-state index is 12.5. The van der Waals surface area contributed by atoms with Gasteiger partial charge in [-0.1, -0.05) is 12.1 Å². The number of ether oxygens (including phenoxy) is 4. The molecule has 1 heterocycles. The zero-order valence-electron chi connectivity index (χ0n) is 19.6. The fraction of sp³-hybridized carbons (Fsp3) is 0.462. The van der Waals surface area contributed by atoms with Crippen molar-refractivity contribution in [2.45, 2.75) is 38.0 Å². The van der Waals surface area contributed by atoms with Gasteiger partial charge in [-0.3, -0.25) is 9.59 Å². The zero-order valence-corrected chi connectivity index (χ0v) is 19.6. The summed E-state index contributed by atoms with van der Waals surface area (Å²) >= 11 is 0. The van der Waals surface area contributed by atoms with Crippen molar-refractivity contribution < 1.29 is 28.5 Å². The molecule has 1 aliphatic heterocycles. The van der Waals surface area contributed by atoms with Crippen LogP contribution in [0.15, 0.2) is 42.5 Å². The molecule has 0 spiro atoms. The second kappa shape index (κ2) is 11.7. The largest absolute Gasteiger partial charge is 0.497 e. The average molecular weight is 456 g/mol. The number of rotatable bonds is 11. The maximum Gasteiger partial charge on any atom is 0.220 e. The SMILES string of the molecule is COc1ccc(C2(CNC(=O)CCCOc3ccc(C(C)=O)cc3OC)CCOCC2)cc1. The molecule has 7 heteroatoms. The average Bonchev–Trinajstić information content (AvgIpc) is 2.86. The lowest BCUT2D eigenvalue weighted by Crippen LogP contribution is -2.44. The first-order chi connectivity index (χ1) is 16.0. The molecule has 0 saturated carbocycles. The number of Topliss-reactive ketones (excluding diaryl/α,β-unsaturated/α-hetero) is 1. The van der Waals surface area contributed by atoms with Crippen LogP contribution in [0.2, 0.25) is 0 Å². The van der Waals surface area contributed by atoms with Crippen LogP contribution < -0.4 is 19.5 Å². The number of carbonyl (C=O) groups excluding carboxylic acids is 2. The fourth-order valence-corrected chi connectivity index (χ4v) is 4.05. The van der Waals surface area contributed by atoms with E-state index < -0.39 is 0 Å². The number of hydrogen-bond acceptors (Lipinski definition) is 6. The molecule has 0 bridgehead atoms. The molecule has 0 aromatic heterocycles. The van der Waals surface area contributed by atoms with Crippen molar-refractivity contribution in [3.63, 3.8) is 0 Å². The molecule has 2 aromatic rings. The Morgan fingerprint density at radius 3 is 2.36 bits per heavy atom. The number of benzene rings is 2. The summed E-state index contributed by atoms with van der Waals surface area (Å²) in [4.78, 5) is 24.1. The Bertz CT molecular complexity index is 934. The smallest absolute Gasteiger partial charge is 0.220 e. The molecule has 1 aliphatic rings. The van der Waals surface area contributed by atoms with Crippen molar-refractivity contribution in [3.8, 4) is 17.2 Å². The van der Waals surface area contributed by atoms with Gasteiger partial charge in [0.15, 0.2) is 17.3 Å². The van der Waals surface area contributed by atoms with Crippen molar-refractivity contribution in [3.05, 3.63) is 53.6 Å². The van der Waals surface area contributed by atoms with Crippen molar-refractivity contribution in [2.24, 2.45) is 0 Å². The van der Waals surface area contributed by atoms with Gasteiger partial charge < -0.3 is 24.3 Å². The molecule has 178 valence electrons. The Balaban J connectivity index is 1.50. The molecule has 0 unspecified atom stereocenters. The quantitative estimate of drug-likeness (QED) is 0.408. The lowest BCUT2D eigenvalue weighted by molar-refractivity contribution is -0.121. The highest BCUT2D eigenvalue weighted by Gasteiger charge is 2.34. The van der Waals surface area contributed by atoms with Crippen LogP contribution in [0.5, 0.6) is 17.2 Å². The number of nitrogens with one attached hydrogen (secondary N) is 1. The number of carbonyl (C=O) groups is 2. The first kappa shape index (κ1) is 24.6. The van der Waals surface area contributed by atoms with E-state index in [1.54, 1.807) is 25.3 Å². The molecule has 0 radical (unpaired) electrons. The molecule has 7 nitrogen and oxygen atoms in total. The summed E-state index contributed by atoms with van der Waals surface area (Å²) in [7, 11) is 3.19. The van der Waals surface area contributed by atoms with E-state index in [4.69, 9.17) is 18.9 Å². The van der Waals surface area contributed by atoms with E-state index >= 15 is 0 Å². The molecule has 0 aliphatic carbocycles. The van der Waals surface area contributed by atoms with Crippen LogP contribution in [0, 0.1) is 0 Å². The van der Waals surface area contributed by atoms with Crippen molar-refractivity contribution in [1.29, 1.82) is 0 Å². The van der Waals surface area contributed by atoms with Crippen LogP contribution in [0.25, 0.3) is 0 Å². The second-order valence-corrected chi connectivity index (χ2v) is 8.27. The third kappa shape index (κ3) is 6.48. The zero-order chi connectivity index (χ0) is 23.7. The molecule has 1 fully saturated rings. The monoisotopic (exact) mass is 455 g/mol. The number of hydrogen-bond donors (Lipinski definition) is 1. The van der Waals surface area contributed by atoms with Crippen molar-refractivity contribution in [2.75, 3.05) is 40.6 Å². The molecular weight excluding hydrogens is 422 g/mol. The molecule has 1 amide bonds. The molecule has 1 N–H and O–H groups in total. The first-order valence-electron chi connectivity index (χ1n) is 11.3. The molecule has 33 heavy (non-hydrogen) atoms. The molecular formula is C26H33NO6. The summed E-state index contributed by atoms with van der Waals surface area (Å²) in [6.45, 7) is 3.82. The lowest BCUT2D eigenvalue weighted by atomic mass is 9.74. The normalized spacial score (nSPS) is 14.9. The third-order valence-corrected chi connectivity index (χ3v) is 6.15. The van der Waals surface area contributed by atoms with E-state index in [1.165, 1.54) is 19.6 Å². The Morgan fingerprint density at radius 1 is 1.00 bits per heavy atom.